The SMILES string of the molecule is COc1ccc(S(=O)(=O)N(Cc2ccccc2)[C@@H]2CCCC[C@H]2C(=O)O)cc1.NO. The molecule has 4 N–H and O–H groups in total. The van der Waals surface area contributed by atoms with Gasteiger partial charge in [0.2, 0.25) is 10.0 Å². The first-order valence-electron chi connectivity index (χ1n) is 9.62. The third-order valence-corrected chi connectivity index (χ3v) is 7.15. The number of sulfonamides is 1. The van der Waals surface area contributed by atoms with Crippen LogP contribution in [0.4, 0.5) is 0 Å². The van der Waals surface area contributed by atoms with Crippen LogP contribution < -0.4 is 10.6 Å². The molecule has 164 valence electrons. The summed E-state index contributed by atoms with van der Waals surface area (Å²) >= 11 is 0. The molecule has 0 aliphatic heterocycles. The number of aliphatic carboxylic acids is 1. The number of hydrogen-bond acceptors (Lipinski definition) is 6. The Kier molecular flexibility index (Phi) is 8.79. The lowest BCUT2D eigenvalue weighted by Crippen LogP contribution is -2.47. The van der Waals surface area contributed by atoms with Crippen molar-refractivity contribution in [1.29, 1.82) is 0 Å². The van der Waals surface area contributed by atoms with E-state index in [1.807, 2.05) is 30.3 Å². The molecule has 1 fully saturated rings. The second-order valence-corrected chi connectivity index (χ2v) is 8.90. The van der Waals surface area contributed by atoms with Gasteiger partial charge < -0.3 is 15.1 Å². The van der Waals surface area contributed by atoms with Crippen LogP contribution in [0.2, 0.25) is 0 Å². The van der Waals surface area contributed by atoms with Gasteiger partial charge in [-0.05, 0) is 42.7 Å². The summed E-state index contributed by atoms with van der Waals surface area (Å²) in [6.07, 6.45) is 2.65. The quantitative estimate of drug-likeness (QED) is 0.569. The highest BCUT2D eigenvalue weighted by Gasteiger charge is 2.40. The van der Waals surface area contributed by atoms with Crippen LogP contribution in [0.1, 0.15) is 31.2 Å². The summed E-state index contributed by atoms with van der Waals surface area (Å²) in [5, 5.41) is 16.2. The van der Waals surface area contributed by atoms with Gasteiger partial charge in [-0.15, -0.1) is 0 Å². The molecule has 0 amide bonds. The van der Waals surface area contributed by atoms with E-state index in [1.54, 1.807) is 12.1 Å². The lowest BCUT2D eigenvalue weighted by Gasteiger charge is -2.37. The first-order valence-corrected chi connectivity index (χ1v) is 11.1. The smallest absolute Gasteiger partial charge is 0.308 e. The summed E-state index contributed by atoms with van der Waals surface area (Å²) in [5.41, 5.74) is 0.828. The molecule has 30 heavy (non-hydrogen) atoms. The second-order valence-electron chi connectivity index (χ2n) is 7.01. The number of ether oxygens (including phenoxy) is 1. The molecule has 2 aromatic rings. The van der Waals surface area contributed by atoms with Gasteiger partial charge in [0.25, 0.3) is 0 Å². The molecule has 0 heterocycles. The van der Waals surface area contributed by atoms with Crippen LogP contribution in [0, 0.1) is 5.92 Å². The second kappa shape index (κ2) is 11.1. The molecule has 8 nitrogen and oxygen atoms in total. The van der Waals surface area contributed by atoms with E-state index in [0.717, 1.165) is 18.4 Å². The molecule has 0 radical (unpaired) electrons. The molecule has 1 saturated carbocycles. The van der Waals surface area contributed by atoms with Crippen molar-refractivity contribution in [3.8, 4) is 5.75 Å². The van der Waals surface area contributed by atoms with Gasteiger partial charge in [0.05, 0.1) is 17.9 Å². The fourth-order valence-corrected chi connectivity index (χ4v) is 5.45. The molecule has 0 bridgehead atoms. The number of hydrogen-bond donors (Lipinski definition) is 3. The summed E-state index contributed by atoms with van der Waals surface area (Å²) in [6, 6.07) is 14.9. The van der Waals surface area contributed by atoms with Crippen molar-refractivity contribution in [2.75, 3.05) is 7.11 Å². The predicted octanol–water partition coefficient (Wildman–Crippen LogP) is 2.86. The maximum absolute atomic E-state index is 13.5. The average molecular weight is 437 g/mol. The molecule has 1 aliphatic carbocycles. The number of nitrogens with two attached hydrogens (primary N) is 1. The summed E-state index contributed by atoms with van der Waals surface area (Å²) < 4.78 is 33.5. The Hall–Kier alpha value is -2.46. The molecule has 2 atom stereocenters. The highest BCUT2D eigenvalue weighted by atomic mass is 32.2. The number of methoxy groups -OCH3 is 1. The standard InChI is InChI=1S/C21H25NO5S.H3NO/c1-27-17-11-13-18(14-12-17)28(25,26)22(15-16-7-3-2-4-8-16)20-10-6-5-9-19(20)21(23)24;1-2/h2-4,7-8,11-14,19-20H,5-6,9-10,15H2,1H3,(H,23,24);2H,1H2/t19-,20-;/m1./s1. The predicted molar refractivity (Wildman–Crippen MR) is 112 cm³/mol. The lowest BCUT2D eigenvalue weighted by molar-refractivity contribution is -0.144. The van der Waals surface area contributed by atoms with Gasteiger partial charge in [-0.3, -0.25) is 4.79 Å². The minimum absolute atomic E-state index is 0.138. The van der Waals surface area contributed by atoms with Crippen LogP contribution in [0.15, 0.2) is 59.5 Å². The van der Waals surface area contributed by atoms with Crippen LogP contribution in [0.25, 0.3) is 0 Å². The number of carbonyl (C=O) groups is 1. The van der Waals surface area contributed by atoms with Crippen molar-refractivity contribution in [1.82, 2.24) is 4.31 Å². The molecule has 0 aromatic heterocycles. The Balaban J connectivity index is 0.00000155. The zero-order valence-electron chi connectivity index (χ0n) is 16.8. The van der Waals surface area contributed by atoms with E-state index in [2.05, 4.69) is 5.90 Å². The molecule has 2 aromatic carbocycles. The Morgan fingerprint density at radius 1 is 1.07 bits per heavy atom. The largest absolute Gasteiger partial charge is 0.497 e. The van der Waals surface area contributed by atoms with E-state index in [0.29, 0.717) is 18.6 Å². The highest BCUT2D eigenvalue weighted by molar-refractivity contribution is 7.89. The van der Waals surface area contributed by atoms with Crippen LogP contribution in [-0.2, 0) is 21.4 Å². The number of carboxylic acids is 1. The van der Waals surface area contributed by atoms with Crippen molar-refractivity contribution in [2.45, 2.75) is 43.2 Å². The van der Waals surface area contributed by atoms with Crippen LogP contribution in [0.5, 0.6) is 5.75 Å². The van der Waals surface area contributed by atoms with E-state index in [4.69, 9.17) is 9.94 Å². The summed E-state index contributed by atoms with van der Waals surface area (Å²) in [7, 11) is -2.36. The molecular formula is C21H28N2O6S. The van der Waals surface area contributed by atoms with E-state index in [1.165, 1.54) is 23.5 Å². The number of benzene rings is 2. The van der Waals surface area contributed by atoms with Gasteiger partial charge in [-0.1, -0.05) is 43.2 Å². The number of carboxylic acid groups (broad SMARTS) is 1. The molecule has 0 unspecified atom stereocenters. The van der Waals surface area contributed by atoms with Crippen molar-refractivity contribution in [2.24, 2.45) is 11.8 Å². The molecule has 9 heteroatoms. The van der Waals surface area contributed by atoms with Crippen LogP contribution >= 0.6 is 0 Å². The number of nitrogens with zero attached hydrogens (tertiary/aromatic N) is 1. The normalized spacial score (nSPS) is 18.9. The summed E-state index contributed by atoms with van der Waals surface area (Å²) in [6.45, 7) is 0.143. The van der Waals surface area contributed by atoms with E-state index >= 15 is 0 Å². The first-order chi connectivity index (χ1) is 14.4. The van der Waals surface area contributed by atoms with E-state index < -0.39 is 28.0 Å². The minimum Gasteiger partial charge on any atom is -0.497 e. The monoisotopic (exact) mass is 436 g/mol. The van der Waals surface area contributed by atoms with Gasteiger partial charge in [0.1, 0.15) is 5.75 Å². The maximum atomic E-state index is 13.5. The van der Waals surface area contributed by atoms with Crippen molar-refractivity contribution < 1.29 is 28.3 Å². The average Bonchev–Trinajstić information content (AvgIpc) is 2.79. The molecule has 3 rings (SSSR count). The topological polar surface area (TPSA) is 130 Å². The summed E-state index contributed by atoms with van der Waals surface area (Å²) in [5.74, 6) is 2.42. The number of rotatable bonds is 7. The van der Waals surface area contributed by atoms with Crippen LogP contribution in [-0.4, -0.2) is 42.2 Å². The highest BCUT2D eigenvalue weighted by Crippen LogP contribution is 2.34. The fourth-order valence-electron chi connectivity index (χ4n) is 3.77. The lowest BCUT2D eigenvalue weighted by atomic mass is 9.84. The van der Waals surface area contributed by atoms with Gasteiger partial charge in [-0.25, -0.2) is 14.3 Å². The zero-order valence-corrected chi connectivity index (χ0v) is 17.7. The molecule has 0 spiro atoms. The van der Waals surface area contributed by atoms with Gasteiger partial charge in [-0.2, -0.15) is 4.31 Å². The van der Waals surface area contributed by atoms with E-state index in [-0.39, 0.29) is 11.4 Å². The Morgan fingerprint density at radius 2 is 1.67 bits per heavy atom. The summed E-state index contributed by atoms with van der Waals surface area (Å²) in [4.78, 5) is 12.0. The molecular weight excluding hydrogens is 408 g/mol. The Labute approximate surface area is 176 Å². The first kappa shape index (κ1) is 23.8. The Morgan fingerprint density at radius 3 is 2.23 bits per heavy atom. The van der Waals surface area contributed by atoms with Gasteiger partial charge in [0, 0.05) is 12.6 Å². The third-order valence-electron chi connectivity index (χ3n) is 5.26. The fraction of sp³-hybridized carbons (Fsp3) is 0.381. The van der Waals surface area contributed by atoms with E-state index in [9.17, 15) is 18.3 Å². The van der Waals surface area contributed by atoms with Crippen LogP contribution in [0.3, 0.4) is 0 Å². The zero-order chi connectivity index (χ0) is 22.1. The van der Waals surface area contributed by atoms with Gasteiger partial charge >= 0.3 is 5.97 Å². The minimum atomic E-state index is -3.88. The molecule has 1 aliphatic rings. The van der Waals surface area contributed by atoms with Crippen molar-refractivity contribution in [3.63, 3.8) is 0 Å². The third kappa shape index (κ3) is 5.57. The maximum Gasteiger partial charge on any atom is 0.308 e. The Bertz CT molecular complexity index is 903. The van der Waals surface area contributed by atoms with Gasteiger partial charge in [0.15, 0.2) is 0 Å². The molecule has 0 saturated heterocycles. The van der Waals surface area contributed by atoms with Crippen molar-refractivity contribution >= 4 is 16.0 Å². The van der Waals surface area contributed by atoms with Crippen molar-refractivity contribution in [3.05, 3.63) is 60.2 Å².